The normalized spacial score (nSPS) is 23.6. The Labute approximate surface area is 108 Å². The third kappa shape index (κ3) is 2.88. The molecule has 2 rings (SSSR count). The number of piperidine rings is 1. The van der Waals surface area contributed by atoms with Crippen molar-refractivity contribution < 1.29 is 9.53 Å². The molecule has 1 atom stereocenters. The first-order chi connectivity index (χ1) is 8.77. The molecule has 0 unspecified atom stereocenters. The van der Waals surface area contributed by atoms with Gasteiger partial charge in [0.2, 0.25) is 0 Å². The Balaban J connectivity index is 2.16. The second-order valence-corrected chi connectivity index (χ2v) is 4.78. The number of nitrogens with one attached hydrogen (secondary N) is 1. The van der Waals surface area contributed by atoms with Crippen LogP contribution in [0, 0.1) is 5.41 Å². The third-order valence-electron chi connectivity index (χ3n) is 3.43. The minimum atomic E-state index is -0.442. The molecular formula is C14H20N2O2. The molecule has 1 aromatic rings. The van der Waals surface area contributed by atoms with E-state index in [2.05, 4.69) is 10.3 Å². The second kappa shape index (κ2) is 5.96. The summed E-state index contributed by atoms with van der Waals surface area (Å²) in [5.41, 5.74) is 0.511. The van der Waals surface area contributed by atoms with Gasteiger partial charge in [0.05, 0.1) is 12.0 Å². The van der Waals surface area contributed by atoms with Gasteiger partial charge in [0.25, 0.3) is 0 Å². The highest BCUT2D eigenvalue weighted by molar-refractivity contribution is 5.77. The van der Waals surface area contributed by atoms with Gasteiger partial charge >= 0.3 is 5.97 Å². The van der Waals surface area contributed by atoms with E-state index in [-0.39, 0.29) is 5.97 Å². The summed E-state index contributed by atoms with van der Waals surface area (Å²) in [6, 6.07) is 5.81. The van der Waals surface area contributed by atoms with Crippen LogP contribution in [0.15, 0.2) is 24.4 Å². The Morgan fingerprint density at radius 2 is 2.44 bits per heavy atom. The predicted molar refractivity (Wildman–Crippen MR) is 69.1 cm³/mol. The van der Waals surface area contributed by atoms with E-state index in [1.165, 1.54) is 0 Å². The van der Waals surface area contributed by atoms with E-state index >= 15 is 0 Å². The van der Waals surface area contributed by atoms with E-state index in [1.807, 2.05) is 25.1 Å². The maximum atomic E-state index is 12.2. The van der Waals surface area contributed by atoms with Gasteiger partial charge in [-0.25, -0.2) is 0 Å². The molecule has 0 radical (unpaired) electrons. The van der Waals surface area contributed by atoms with E-state index in [1.54, 1.807) is 6.20 Å². The maximum Gasteiger partial charge on any atom is 0.313 e. The zero-order valence-corrected chi connectivity index (χ0v) is 10.8. The standard InChI is InChI=1S/C14H20N2O2/c1-2-18-13(17)14(7-5-8-15-11-14)10-12-6-3-4-9-16-12/h3-4,6,9,15H,2,5,7-8,10-11H2,1H3/t14-/m1/s1. The topological polar surface area (TPSA) is 51.2 Å². The number of aromatic nitrogens is 1. The van der Waals surface area contributed by atoms with Crippen LogP contribution < -0.4 is 5.32 Å². The van der Waals surface area contributed by atoms with E-state index in [9.17, 15) is 4.79 Å². The Hall–Kier alpha value is -1.42. The van der Waals surface area contributed by atoms with Crippen LogP contribution in [0.3, 0.4) is 0 Å². The van der Waals surface area contributed by atoms with Gasteiger partial charge < -0.3 is 10.1 Å². The van der Waals surface area contributed by atoms with Crippen LogP contribution in [0.4, 0.5) is 0 Å². The number of rotatable bonds is 4. The smallest absolute Gasteiger partial charge is 0.313 e. The van der Waals surface area contributed by atoms with Crippen molar-refractivity contribution in [2.75, 3.05) is 19.7 Å². The Morgan fingerprint density at radius 1 is 1.56 bits per heavy atom. The first-order valence-corrected chi connectivity index (χ1v) is 6.55. The summed E-state index contributed by atoms with van der Waals surface area (Å²) in [7, 11) is 0. The molecular weight excluding hydrogens is 228 g/mol. The molecule has 0 spiro atoms. The molecule has 1 aliphatic rings. The van der Waals surface area contributed by atoms with Crippen LogP contribution in [0.25, 0.3) is 0 Å². The lowest BCUT2D eigenvalue weighted by Crippen LogP contribution is -2.48. The molecule has 1 aliphatic heterocycles. The van der Waals surface area contributed by atoms with Gasteiger partial charge in [-0.15, -0.1) is 0 Å². The van der Waals surface area contributed by atoms with E-state index < -0.39 is 5.41 Å². The molecule has 0 saturated carbocycles. The number of pyridine rings is 1. The van der Waals surface area contributed by atoms with E-state index in [0.717, 1.165) is 25.1 Å². The lowest BCUT2D eigenvalue weighted by Gasteiger charge is -2.35. The SMILES string of the molecule is CCOC(=O)[C@@]1(Cc2ccccn2)CCCNC1. The summed E-state index contributed by atoms with van der Waals surface area (Å²) >= 11 is 0. The number of carbonyl (C=O) groups is 1. The van der Waals surface area contributed by atoms with Crippen LogP contribution in [0.5, 0.6) is 0 Å². The monoisotopic (exact) mass is 248 g/mol. The molecule has 1 N–H and O–H groups in total. The van der Waals surface area contributed by atoms with Gasteiger partial charge in [-0.2, -0.15) is 0 Å². The third-order valence-corrected chi connectivity index (χ3v) is 3.43. The first kappa shape index (κ1) is 13.0. The van der Waals surface area contributed by atoms with Crippen LogP contribution in [0.2, 0.25) is 0 Å². The lowest BCUT2D eigenvalue weighted by molar-refractivity contribution is -0.156. The van der Waals surface area contributed by atoms with Crippen molar-refractivity contribution in [3.63, 3.8) is 0 Å². The van der Waals surface area contributed by atoms with Crippen molar-refractivity contribution in [3.8, 4) is 0 Å². The van der Waals surface area contributed by atoms with Crippen molar-refractivity contribution in [1.29, 1.82) is 0 Å². The molecule has 4 nitrogen and oxygen atoms in total. The summed E-state index contributed by atoms with van der Waals surface area (Å²) in [6.07, 6.45) is 4.30. The van der Waals surface area contributed by atoms with Gasteiger partial charge in [-0.1, -0.05) is 6.07 Å². The summed E-state index contributed by atoms with van der Waals surface area (Å²) < 4.78 is 5.25. The average molecular weight is 248 g/mol. The average Bonchev–Trinajstić information content (AvgIpc) is 2.41. The fraction of sp³-hybridized carbons (Fsp3) is 0.571. The molecule has 1 fully saturated rings. The zero-order valence-electron chi connectivity index (χ0n) is 10.8. The molecule has 1 saturated heterocycles. The van der Waals surface area contributed by atoms with Crippen LogP contribution >= 0.6 is 0 Å². The number of hydrogen-bond donors (Lipinski definition) is 1. The van der Waals surface area contributed by atoms with Crippen molar-refractivity contribution in [2.24, 2.45) is 5.41 Å². The fourth-order valence-corrected chi connectivity index (χ4v) is 2.50. The Bertz CT molecular complexity index is 386. The molecule has 0 aliphatic carbocycles. The first-order valence-electron chi connectivity index (χ1n) is 6.55. The summed E-state index contributed by atoms with van der Waals surface area (Å²) in [5.74, 6) is -0.0946. The Kier molecular flexibility index (Phi) is 4.31. The van der Waals surface area contributed by atoms with Gasteiger partial charge in [0.1, 0.15) is 0 Å². The van der Waals surface area contributed by atoms with Crippen LogP contribution in [-0.2, 0) is 16.0 Å². The largest absolute Gasteiger partial charge is 0.466 e. The Morgan fingerprint density at radius 3 is 3.06 bits per heavy atom. The fourth-order valence-electron chi connectivity index (χ4n) is 2.50. The number of esters is 1. The second-order valence-electron chi connectivity index (χ2n) is 4.78. The maximum absolute atomic E-state index is 12.2. The van der Waals surface area contributed by atoms with Crippen molar-refractivity contribution in [3.05, 3.63) is 30.1 Å². The summed E-state index contributed by atoms with van der Waals surface area (Å²) in [5, 5.41) is 3.31. The lowest BCUT2D eigenvalue weighted by atomic mass is 9.76. The zero-order chi connectivity index (χ0) is 12.8. The van der Waals surface area contributed by atoms with E-state index in [4.69, 9.17) is 4.74 Å². The molecule has 1 aromatic heterocycles. The van der Waals surface area contributed by atoms with Crippen LogP contribution in [-0.4, -0.2) is 30.6 Å². The molecule has 0 bridgehead atoms. The molecule has 0 aromatic carbocycles. The van der Waals surface area contributed by atoms with Gasteiger partial charge in [0, 0.05) is 24.9 Å². The quantitative estimate of drug-likeness (QED) is 0.822. The minimum Gasteiger partial charge on any atom is -0.466 e. The summed E-state index contributed by atoms with van der Waals surface area (Å²) in [6.45, 7) is 3.94. The number of carbonyl (C=O) groups excluding carboxylic acids is 1. The van der Waals surface area contributed by atoms with Crippen molar-refractivity contribution >= 4 is 5.97 Å². The molecule has 4 heteroatoms. The highest BCUT2D eigenvalue weighted by atomic mass is 16.5. The highest BCUT2D eigenvalue weighted by Crippen LogP contribution is 2.31. The number of nitrogens with zero attached hydrogens (tertiary/aromatic N) is 1. The van der Waals surface area contributed by atoms with Gasteiger partial charge in [0.15, 0.2) is 0 Å². The van der Waals surface area contributed by atoms with Gasteiger partial charge in [-0.3, -0.25) is 9.78 Å². The molecule has 98 valence electrons. The van der Waals surface area contributed by atoms with Gasteiger partial charge in [-0.05, 0) is 38.4 Å². The predicted octanol–water partition coefficient (Wildman–Crippen LogP) is 1.56. The molecule has 0 amide bonds. The highest BCUT2D eigenvalue weighted by Gasteiger charge is 2.41. The van der Waals surface area contributed by atoms with Crippen LogP contribution in [0.1, 0.15) is 25.5 Å². The summed E-state index contributed by atoms with van der Waals surface area (Å²) in [4.78, 5) is 16.6. The number of ether oxygens (including phenoxy) is 1. The van der Waals surface area contributed by atoms with E-state index in [0.29, 0.717) is 19.6 Å². The van der Waals surface area contributed by atoms with Crippen molar-refractivity contribution in [2.45, 2.75) is 26.2 Å². The van der Waals surface area contributed by atoms with Crippen molar-refractivity contribution in [1.82, 2.24) is 10.3 Å². The molecule has 2 heterocycles. The number of hydrogen-bond acceptors (Lipinski definition) is 4. The minimum absolute atomic E-state index is 0.0946. The molecule has 18 heavy (non-hydrogen) atoms.